The topological polar surface area (TPSA) is 59.8 Å². The standard InChI is InChI=1S/C20H13F3N4OS/c1-11-24-9-17(26-19(28)18-14(22)3-2-4-15(18)23)27(11)20-25-16(10-29-20)12-5-7-13(21)8-6-12/h2-10H,1H3,(H,26,28). The molecule has 5 nitrogen and oxygen atoms in total. The third-order valence-corrected chi connectivity index (χ3v) is 5.02. The lowest BCUT2D eigenvalue weighted by atomic mass is 10.2. The number of hydrogen-bond donors (Lipinski definition) is 1. The number of thiazole rings is 1. The Morgan fingerprint density at radius 1 is 1.07 bits per heavy atom. The van der Waals surface area contributed by atoms with Crippen molar-refractivity contribution in [2.45, 2.75) is 6.92 Å². The molecule has 1 amide bonds. The van der Waals surface area contributed by atoms with Crippen LogP contribution in [0.1, 0.15) is 16.2 Å². The van der Waals surface area contributed by atoms with Gasteiger partial charge in [-0.3, -0.25) is 9.36 Å². The fourth-order valence-electron chi connectivity index (χ4n) is 2.79. The summed E-state index contributed by atoms with van der Waals surface area (Å²) >= 11 is 1.28. The van der Waals surface area contributed by atoms with Crippen molar-refractivity contribution >= 4 is 23.1 Å². The highest BCUT2D eigenvalue weighted by Gasteiger charge is 2.20. The van der Waals surface area contributed by atoms with Gasteiger partial charge in [0.1, 0.15) is 34.7 Å². The van der Waals surface area contributed by atoms with Crippen molar-refractivity contribution in [3.8, 4) is 16.4 Å². The largest absolute Gasteiger partial charge is 0.306 e. The van der Waals surface area contributed by atoms with Gasteiger partial charge in [0, 0.05) is 10.9 Å². The maximum absolute atomic E-state index is 13.9. The average Bonchev–Trinajstić information content (AvgIpc) is 3.29. The zero-order valence-corrected chi connectivity index (χ0v) is 15.8. The number of amides is 1. The van der Waals surface area contributed by atoms with Crippen LogP contribution in [0.3, 0.4) is 0 Å². The van der Waals surface area contributed by atoms with Gasteiger partial charge >= 0.3 is 0 Å². The second-order valence-electron chi connectivity index (χ2n) is 6.10. The number of benzene rings is 2. The van der Waals surface area contributed by atoms with Crippen molar-refractivity contribution in [3.63, 3.8) is 0 Å². The Bertz CT molecular complexity index is 1180. The molecule has 2 aromatic carbocycles. The normalized spacial score (nSPS) is 10.9. The summed E-state index contributed by atoms with van der Waals surface area (Å²) in [6.45, 7) is 1.71. The van der Waals surface area contributed by atoms with Crippen LogP contribution in [-0.4, -0.2) is 20.4 Å². The van der Waals surface area contributed by atoms with E-state index in [0.717, 1.165) is 17.7 Å². The van der Waals surface area contributed by atoms with Crippen molar-refractivity contribution in [3.05, 3.63) is 82.9 Å². The molecule has 0 atom stereocenters. The van der Waals surface area contributed by atoms with Gasteiger partial charge in [-0.05, 0) is 43.3 Å². The van der Waals surface area contributed by atoms with Crippen LogP contribution in [-0.2, 0) is 0 Å². The Kier molecular flexibility index (Phi) is 4.89. The summed E-state index contributed by atoms with van der Waals surface area (Å²) in [6, 6.07) is 9.10. The molecule has 0 fully saturated rings. The maximum atomic E-state index is 13.9. The van der Waals surface area contributed by atoms with E-state index in [1.54, 1.807) is 29.0 Å². The molecule has 0 unspecified atom stereocenters. The first-order valence-corrected chi connectivity index (χ1v) is 9.33. The predicted octanol–water partition coefficient (Wildman–Crippen LogP) is 4.97. The third-order valence-electron chi connectivity index (χ3n) is 4.19. The molecule has 0 saturated carbocycles. The van der Waals surface area contributed by atoms with Crippen LogP contribution in [0.25, 0.3) is 16.4 Å². The number of imidazole rings is 1. The Morgan fingerprint density at radius 3 is 2.45 bits per heavy atom. The zero-order chi connectivity index (χ0) is 20.5. The van der Waals surface area contributed by atoms with Crippen LogP contribution >= 0.6 is 11.3 Å². The highest BCUT2D eigenvalue weighted by atomic mass is 32.1. The number of carbonyl (C=O) groups is 1. The number of rotatable bonds is 4. The summed E-state index contributed by atoms with van der Waals surface area (Å²) < 4.78 is 42.5. The molecule has 146 valence electrons. The van der Waals surface area contributed by atoms with Crippen LogP contribution in [0.2, 0.25) is 0 Å². The summed E-state index contributed by atoms with van der Waals surface area (Å²) in [7, 11) is 0. The minimum absolute atomic E-state index is 0.218. The van der Waals surface area contributed by atoms with E-state index >= 15 is 0 Å². The molecule has 0 aliphatic carbocycles. The molecule has 0 saturated heterocycles. The summed E-state index contributed by atoms with van der Waals surface area (Å²) in [5.41, 5.74) is 0.672. The molecule has 0 aliphatic heterocycles. The number of nitrogens with zero attached hydrogens (tertiary/aromatic N) is 3. The van der Waals surface area contributed by atoms with Crippen LogP contribution in [0.4, 0.5) is 19.0 Å². The Hall–Kier alpha value is -3.46. The first kappa shape index (κ1) is 18.9. The first-order chi connectivity index (χ1) is 13.9. The van der Waals surface area contributed by atoms with Gasteiger partial charge in [-0.25, -0.2) is 23.1 Å². The second-order valence-corrected chi connectivity index (χ2v) is 6.94. The minimum Gasteiger partial charge on any atom is -0.306 e. The number of aryl methyl sites for hydroxylation is 1. The summed E-state index contributed by atoms with van der Waals surface area (Å²) in [4.78, 5) is 21.1. The zero-order valence-electron chi connectivity index (χ0n) is 15.0. The van der Waals surface area contributed by atoms with Gasteiger partial charge in [-0.15, -0.1) is 11.3 Å². The van der Waals surface area contributed by atoms with E-state index < -0.39 is 23.1 Å². The summed E-state index contributed by atoms with van der Waals surface area (Å²) in [6.07, 6.45) is 1.38. The Balaban J connectivity index is 1.66. The number of nitrogens with one attached hydrogen (secondary N) is 1. The molecule has 2 heterocycles. The van der Waals surface area contributed by atoms with Crippen molar-refractivity contribution in [1.29, 1.82) is 0 Å². The predicted molar refractivity (Wildman–Crippen MR) is 104 cm³/mol. The van der Waals surface area contributed by atoms with E-state index in [-0.39, 0.29) is 11.6 Å². The number of anilines is 1. The van der Waals surface area contributed by atoms with Crippen LogP contribution < -0.4 is 5.32 Å². The molecule has 0 radical (unpaired) electrons. The molecule has 0 aliphatic rings. The van der Waals surface area contributed by atoms with Gasteiger partial charge in [0.15, 0.2) is 5.13 Å². The minimum atomic E-state index is -0.960. The number of hydrogen-bond acceptors (Lipinski definition) is 4. The molecule has 2 aromatic heterocycles. The lowest BCUT2D eigenvalue weighted by Crippen LogP contribution is -2.18. The molecule has 4 rings (SSSR count). The SMILES string of the molecule is Cc1ncc(NC(=O)c2c(F)cccc2F)n1-c1nc(-c2ccc(F)cc2)cs1. The molecule has 0 spiro atoms. The second kappa shape index (κ2) is 7.51. The van der Waals surface area contributed by atoms with E-state index in [0.29, 0.717) is 16.6 Å². The van der Waals surface area contributed by atoms with E-state index in [9.17, 15) is 18.0 Å². The monoisotopic (exact) mass is 414 g/mol. The van der Waals surface area contributed by atoms with Crippen LogP contribution in [0.5, 0.6) is 0 Å². The summed E-state index contributed by atoms with van der Waals surface area (Å²) in [5, 5.41) is 4.75. The highest BCUT2D eigenvalue weighted by molar-refractivity contribution is 7.12. The highest BCUT2D eigenvalue weighted by Crippen LogP contribution is 2.28. The lowest BCUT2D eigenvalue weighted by Gasteiger charge is -2.09. The van der Waals surface area contributed by atoms with Gasteiger partial charge in [-0.2, -0.15) is 0 Å². The van der Waals surface area contributed by atoms with Crippen LogP contribution in [0, 0.1) is 24.4 Å². The molecule has 9 heteroatoms. The molecular weight excluding hydrogens is 401 g/mol. The van der Waals surface area contributed by atoms with Crippen molar-refractivity contribution in [2.24, 2.45) is 0 Å². The Morgan fingerprint density at radius 2 is 1.76 bits per heavy atom. The molecule has 0 bridgehead atoms. The van der Waals surface area contributed by atoms with E-state index in [4.69, 9.17) is 0 Å². The molecule has 4 aromatic rings. The smallest absolute Gasteiger partial charge is 0.262 e. The number of aromatic nitrogens is 3. The van der Waals surface area contributed by atoms with E-state index in [1.165, 1.54) is 35.7 Å². The summed E-state index contributed by atoms with van der Waals surface area (Å²) in [5.74, 6) is -2.46. The van der Waals surface area contributed by atoms with Crippen molar-refractivity contribution in [2.75, 3.05) is 5.32 Å². The van der Waals surface area contributed by atoms with Gasteiger partial charge in [0.05, 0.1) is 11.9 Å². The van der Waals surface area contributed by atoms with E-state index in [2.05, 4.69) is 15.3 Å². The Labute approximate surface area is 167 Å². The molecular formula is C20H13F3N4OS. The van der Waals surface area contributed by atoms with Gasteiger partial charge in [0.2, 0.25) is 0 Å². The van der Waals surface area contributed by atoms with Crippen LogP contribution in [0.15, 0.2) is 54.0 Å². The third kappa shape index (κ3) is 3.64. The number of halogens is 3. The molecule has 1 N–H and O–H groups in total. The van der Waals surface area contributed by atoms with Crippen molar-refractivity contribution < 1.29 is 18.0 Å². The number of carbonyl (C=O) groups excluding carboxylic acids is 1. The maximum Gasteiger partial charge on any atom is 0.262 e. The fraction of sp³-hybridized carbons (Fsp3) is 0.0500. The van der Waals surface area contributed by atoms with Gasteiger partial charge < -0.3 is 5.32 Å². The fourth-order valence-corrected chi connectivity index (χ4v) is 3.68. The molecule has 29 heavy (non-hydrogen) atoms. The van der Waals surface area contributed by atoms with Crippen molar-refractivity contribution in [1.82, 2.24) is 14.5 Å². The first-order valence-electron chi connectivity index (χ1n) is 8.45. The van der Waals surface area contributed by atoms with Gasteiger partial charge in [0.25, 0.3) is 5.91 Å². The lowest BCUT2D eigenvalue weighted by molar-refractivity contribution is 0.101. The average molecular weight is 414 g/mol. The van der Waals surface area contributed by atoms with E-state index in [1.807, 2.05) is 0 Å². The van der Waals surface area contributed by atoms with Gasteiger partial charge in [-0.1, -0.05) is 6.07 Å². The quantitative estimate of drug-likeness (QED) is 0.513.